The highest BCUT2D eigenvalue weighted by atomic mass is 16.2. The van der Waals surface area contributed by atoms with Crippen molar-refractivity contribution < 1.29 is 9.36 Å². The maximum Gasteiger partial charge on any atom is 0.286 e. The molecule has 1 amide bonds. The van der Waals surface area contributed by atoms with Crippen LogP contribution in [-0.2, 0) is 7.05 Å². The molecule has 82 valence electrons. The minimum absolute atomic E-state index is 0.111. The Kier molecular flexibility index (Phi) is 2.72. The maximum absolute atomic E-state index is 11.8. The Balaban J connectivity index is 2.17. The molecule has 0 fully saturated rings. The molecular formula is C12H14N3O+. The lowest BCUT2D eigenvalue weighted by molar-refractivity contribution is -0.677. The van der Waals surface area contributed by atoms with Gasteiger partial charge >= 0.3 is 0 Å². The molecule has 1 aromatic carbocycles. The van der Waals surface area contributed by atoms with Gasteiger partial charge in [-0.05, 0) is 12.1 Å². The molecule has 0 aliphatic carbocycles. The SMILES string of the molecule is Cc1n(NC(=O)c2ccccc2)cc[n+]1C. The monoisotopic (exact) mass is 216 g/mol. The molecule has 0 saturated heterocycles. The van der Waals surface area contributed by atoms with E-state index in [1.54, 1.807) is 16.8 Å². The van der Waals surface area contributed by atoms with Crippen molar-refractivity contribution in [2.75, 3.05) is 5.43 Å². The summed E-state index contributed by atoms with van der Waals surface area (Å²) in [6, 6.07) is 9.15. The molecule has 0 radical (unpaired) electrons. The summed E-state index contributed by atoms with van der Waals surface area (Å²) in [6.07, 6.45) is 3.71. The number of hydrogen-bond donors (Lipinski definition) is 1. The van der Waals surface area contributed by atoms with E-state index in [1.165, 1.54) is 0 Å². The van der Waals surface area contributed by atoms with Crippen LogP contribution in [0.25, 0.3) is 0 Å². The molecule has 1 heterocycles. The zero-order valence-corrected chi connectivity index (χ0v) is 9.34. The summed E-state index contributed by atoms with van der Waals surface area (Å²) in [4.78, 5) is 11.8. The van der Waals surface area contributed by atoms with Crippen LogP contribution in [0.1, 0.15) is 16.2 Å². The number of carbonyl (C=O) groups is 1. The first-order valence-corrected chi connectivity index (χ1v) is 5.08. The fourth-order valence-corrected chi connectivity index (χ4v) is 1.43. The highest BCUT2D eigenvalue weighted by Crippen LogP contribution is 1.99. The Labute approximate surface area is 94.1 Å². The van der Waals surface area contributed by atoms with Gasteiger partial charge < -0.3 is 0 Å². The zero-order chi connectivity index (χ0) is 11.5. The van der Waals surface area contributed by atoms with E-state index in [2.05, 4.69) is 5.43 Å². The minimum Gasteiger partial charge on any atom is -0.266 e. The van der Waals surface area contributed by atoms with Crippen molar-refractivity contribution in [1.82, 2.24) is 4.68 Å². The van der Waals surface area contributed by atoms with Gasteiger partial charge in [0.15, 0.2) is 6.20 Å². The predicted octanol–water partition coefficient (Wildman–Crippen LogP) is 1.00. The third-order valence-electron chi connectivity index (χ3n) is 2.56. The van der Waals surface area contributed by atoms with Gasteiger partial charge in [0.1, 0.15) is 6.20 Å². The van der Waals surface area contributed by atoms with Crippen molar-refractivity contribution in [3.8, 4) is 0 Å². The first-order valence-electron chi connectivity index (χ1n) is 5.08. The number of carbonyl (C=O) groups excluding carboxylic acids is 1. The number of aryl methyl sites for hydroxylation is 1. The molecule has 0 aliphatic rings. The average Bonchev–Trinajstić information content (AvgIpc) is 2.62. The van der Waals surface area contributed by atoms with E-state index in [9.17, 15) is 4.79 Å². The molecule has 0 saturated carbocycles. The van der Waals surface area contributed by atoms with Gasteiger partial charge in [0.25, 0.3) is 11.7 Å². The molecule has 4 heteroatoms. The molecule has 0 bridgehead atoms. The predicted molar refractivity (Wildman–Crippen MR) is 60.5 cm³/mol. The molecule has 0 aliphatic heterocycles. The fourth-order valence-electron chi connectivity index (χ4n) is 1.43. The zero-order valence-electron chi connectivity index (χ0n) is 9.34. The molecule has 2 rings (SSSR count). The van der Waals surface area contributed by atoms with E-state index < -0.39 is 0 Å². The van der Waals surface area contributed by atoms with Crippen LogP contribution in [0.3, 0.4) is 0 Å². The van der Waals surface area contributed by atoms with E-state index in [0.29, 0.717) is 5.56 Å². The van der Waals surface area contributed by atoms with Crippen molar-refractivity contribution in [1.29, 1.82) is 0 Å². The van der Waals surface area contributed by atoms with Crippen LogP contribution >= 0.6 is 0 Å². The highest BCUT2D eigenvalue weighted by Gasteiger charge is 2.12. The second-order valence-corrected chi connectivity index (χ2v) is 3.63. The van der Waals surface area contributed by atoms with Crippen LogP contribution in [0.2, 0.25) is 0 Å². The summed E-state index contributed by atoms with van der Waals surface area (Å²) in [6.45, 7) is 1.94. The van der Waals surface area contributed by atoms with Crippen molar-refractivity contribution >= 4 is 5.91 Å². The van der Waals surface area contributed by atoms with Gasteiger partial charge in [0.05, 0.1) is 7.05 Å². The van der Waals surface area contributed by atoms with Crippen LogP contribution < -0.4 is 9.99 Å². The number of imidazole rings is 1. The second-order valence-electron chi connectivity index (χ2n) is 3.63. The number of aromatic nitrogens is 2. The van der Waals surface area contributed by atoms with Crippen LogP contribution in [0, 0.1) is 6.92 Å². The minimum atomic E-state index is -0.111. The van der Waals surface area contributed by atoms with Crippen LogP contribution in [0.15, 0.2) is 42.7 Å². The number of rotatable bonds is 2. The Morgan fingerprint density at radius 3 is 2.56 bits per heavy atom. The Morgan fingerprint density at radius 2 is 2.00 bits per heavy atom. The Hall–Kier alpha value is -2.10. The van der Waals surface area contributed by atoms with Crippen LogP contribution in [0.5, 0.6) is 0 Å². The van der Waals surface area contributed by atoms with Crippen LogP contribution in [0.4, 0.5) is 0 Å². The van der Waals surface area contributed by atoms with E-state index in [1.807, 2.05) is 49.1 Å². The lowest BCUT2D eigenvalue weighted by Gasteiger charge is -2.01. The third-order valence-corrected chi connectivity index (χ3v) is 2.56. The summed E-state index contributed by atoms with van der Waals surface area (Å²) >= 11 is 0. The molecule has 4 nitrogen and oxygen atoms in total. The van der Waals surface area contributed by atoms with Crippen molar-refractivity contribution in [2.45, 2.75) is 6.92 Å². The summed E-state index contributed by atoms with van der Waals surface area (Å²) < 4.78 is 3.64. The number of nitrogens with one attached hydrogen (secondary N) is 1. The fraction of sp³-hybridized carbons (Fsp3) is 0.167. The normalized spacial score (nSPS) is 10.1. The standard InChI is InChI=1S/C12H13N3O/c1-10-14(2)8-9-15(10)13-12(16)11-6-4-3-5-7-11/h3-9H,1-2H3/p+1. The number of hydrogen-bond acceptors (Lipinski definition) is 1. The third kappa shape index (κ3) is 1.95. The molecule has 0 unspecified atom stereocenters. The lowest BCUT2D eigenvalue weighted by Crippen LogP contribution is -2.33. The first kappa shape index (κ1) is 10.4. The Bertz CT molecular complexity index is 502. The van der Waals surface area contributed by atoms with Crippen molar-refractivity contribution in [3.63, 3.8) is 0 Å². The molecule has 0 atom stereocenters. The van der Waals surface area contributed by atoms with Gasteiger partial charge in [-0.1, -0.05) is 18.2 Å². The summed E-state index contributed by atoms with van der Waals surface area (Å²) in [5.74, 6) is 0.851. The number of amides is 1. The van der Waals surface area contributed by atoms with Crippen molar-refractivity contribution in [3.05, 3.63) is 54.1 Å². The molecule has 1 aromatic heterocycles. The van der Waals surface area contributed by atoms with Gasteiger partial charge in [-0.15, -0.1) is 4.68 Å². The molecule has 0 spiro atoms. The quantitative estimate of drug-likeness (QED) is 0.747. The van der Waals surface area contributed by atoms with Crippen LogP contribution in [-0.4, -0.2) is 10.6 Å². The molecule has 1 N–H and O–H groups in total. The summed E-state index contributed by atoms with van der Waals surface area (Å²) in [5.41, 5.74) is 3.46. The molecule has 16 heavy (non-hydrogen) atoms. The molecule has 2 aromatic rings. The van der Waals surface area contributed by atoms with Gasteiger partial charge in [-0.2, -0.15) is 5.43 Å². The highest BCUT2D eigenvalue weighted by molar-refractivity contribution is 5.99. The smallest absolute Gasteiger partial charge is 0.266 e. The van der Waals surface area contributed by atoms with Gasteiger partial charge in [0.2, 0.25) is 0 Å². The van der Waals surface area contributed by atoms with E-state index in [-0.39, 0.29) is 5.91 Å². The van der Waals surface area contributed by atoms with E-state index in [4.69, 9.17) is 0 Å². The number of benzene rings is 1. The second kappa shape index (κ2) is 4.18. The average molecular weight is 216 g/mol. The van der Waals surface area contributed by atoms with Crippen molar-refractivity contribution in [2.24, 2.45) is 7.05 Å². The van der Waals surface area contributed by atoms with E-state index in [0.717, 1.165) is 5.82 Å². The number of nitrogens with zero attached hydrogens (tertiary/aromatic N) is 2. The summed E-state index contributed by atoms with van der Waals surface area (Å²) in [7, 11) is 1.93. The summed E-state index contributed by atoms with van der Waals surface area (Å²) in [5, 5.41) is 0. The largest absolute Gasteiger partial charge is 0.286 e. The van der Waals surface area contributed by atoms with Gasteiger partial charge in [-0.3, -0.25) is 4.79 Å². The topological polar surface area (TPSA) is 37.9 Å². The molecular weight excluding hydrogens is 202 g/mol. The first-order chi connectivity index (χ1) is 7.68. The van der Waals surface area contributed by atoms with E-state index >= 15 is 0 Å². The maximum atomic E-state index is 11.8. The van der Waals surface area contributed by atoms with Gasteiger partial charge in [-0.25, -0.2) is 4.57 Å². The Morgan fingerprint density at radius 1 is 1.31 bits per heavy atom. The van der Waals surface area contributed by atoms with Gasteiger partial charge in [0, 0.05) is 12.5 Å². The lowest BCUT2D eigenvalue weighted by atomic mass is 10.2.